The van der Waals surface area contributed by atoms with Crippen LogP contribution in [0.2, 0.25) is 0 Å². The lowest BCUT2D eigenvalue weighted by molar-refractivity contribution is -0.384. The molecule has 1 aromatic heterocycles. The van der Waals surface area contributed by atoms with Gasteiger partial charge < -0.3 is 9.80 Å². The summed E-state index contributed by atoms with van der Waals surface area (Å²) < 4.78 is 0.767. The lowest BCUT2D eigenvalue weighted by atomic mass is 10.2. The number of nitro groups is 1. The van der Waals surface area contributed by atoms with Crippen LogP contribution in [0.3, 0.4) is 0 Å². The number of anilines is 1. The van der Waals surface area contributed by atoms with E-state index in [1.54, 1.807) is 35.5 Å². The predicted octanol–water partition coefficient (Wildman–Crippen LogP) is 2.71. The summed E-state index contributed by atoms with van der Waals surface area (Å²) in [7, 11) is 0. The Labute approximate surface area is 147 Å². The van der Waals surface area contributed by atoms with E-state index in [2.05, 4.69) is 25.8 Å². The maximum Gasteiger partial charge on any atom is 0.271 e. The van der Waals surface area contributed by atoms with Crippen LogP contribution in [0, 0.1) is 10.1 Å². The average Bonchev–Trinajstić information content (AvgIpc) is 2.61. The number of halogens is 1. The maximum absolute atomic E-state index is 12.5. The number of hydrogen-bond acceptors (Lipinski definition) is 5. The molecule has 8 heteroatoms. The normalized spacial score (nSPS) is 14.5. The van der Waals surface area contributed by atoms with Crippen molar-refractivity contribution in [1.82, 2.24) is 9.88 Å². The number of pyridine rings is 1. The topological polar surface area (TPSA) is 79.6 Å². The van der Waals surface area contributed by atoms with Gasteiger partial charge in [-0.15, -0.1) is 0 Å². The van der Waals surface area contributed by atoms with Gasteiger partial charge in [0.1, 0.15) is 0 Å². The Morgan fingerprint density at radius 3 is 2.58 bits per heavy atom. The molecule has 0 atom stereocenters. The number of hydrogen-bond donors (Lipinski definition) is 0. The van der Waals surface area contributed by atoms with Crippen molar-refractivity contribution in [3.63, 3.8) is 0 Å². The Bertz CT molecular complexity index is 775. The summed E-state index contributed by atoms with van der Waals surface area (Å²) in [5, 5.41) is 10.9. The highest BCUT2D eigenvalue weighted by Crippen LogP contribution is 2.22. The minimum absolute atomic E-state index is 0.0532. The van der Waals surface area contributed by atoms with Crippen LogP contribution in [0.1, 0.15) is 10.4 Å². The summed E-state index contributed by atoms with van der Waals surface area (Å²) in [5.41, 5.74) is 1.43. The number of nitro benzene ring substituents is 1. The molecule has 24 heavy (non-hydrogen) atoms. The van der Waals surface area contributed by atoms with E-state index in [1.165, 1.54) is 6.07 Å². The number of aromatic nitrogens is 1. The molecule has 1 saturated heterocycles. The summed E-state index contributed by atoms with van der Waals surface area (Å²) in [4.78, 5) is 30.8. The third kappa shape index (κ3) is 3.53. The van der Waals surface area contributed by atoms with Gasteiger partial charge >= 0.3 is 0 Å². The number of amides is 1. The zero-order valence-electron chi connectivity index (χ0n) is 12.8. The van der Waals surface area contributed by atoms with Gasteiger partial charge in [0.25, 0.3) is 11.6 Å². The maximum atomic E-state index is 12.5. The first kappa shape index (κ1) is 16.4. The molecule has 0 saturated carbocycles. The number of rotatable bonds is 3. The molecular formula is C16H15BrN4O3. The third-order valence-electron chi connectivity index (χ3n) is 3.92. The molecule has 0 aliphatic carbocycles. The molecule has 7 nitrogen and oxygen atoms in total. The van der Waals surface area contributed by atoms with Crippen molar-refractivity contribution in [3.8, 4) is 0 Å². The highest BCUT2D eigenvalue weighted by atomic mass is 79.9. The number of piperazine rings is 1. The van der Waals surface area contributed by atoms with E-state index in [4.69, 9.17) is 0 Å². The molecule has 0 radical (unpaired) electrons. The molecule has 2 heterocycles. The number of carbonyl (C=O) groups is 1. The third-order valence-corrected chi connectivity index (χ3v) is 4.36. The standard InChI is InChI=1S/C16H15BrN4O3/c17-13-8-12(10-18-11-13)16(22)20-6-4-19(5-7-20)14-2-1-3-15(9-14)21(23)24/h1-3,8-11H,4-7H2. The zero-order valence-corrected chi connectivity index (χ0v) is 14.3. The molecule has 1 aliphatic heterocycles. The second kappa shape index (κ2) is 6.96. The molecule has 1 aliphatic rings. The van der Waals surface area contributed by atoms with Gasteiger partial charge in [0.05, 0.1) is 10.5 Å². The number of nitrogens with zero attached hydrogens (tertiary/aromatic N) is 4. The van der Waals surface area contributed by atoms with Crippen LogP contribution in [0.4, 0.5) is 11.4 Å². The number of carbonyl (C=O) groups excluding carboxylic acids is 1. The quantitative estimate of drug-likeness (QED) is 0.594. The van der Waals surface area contributed by atoms with Crippen LogP contribution in [0.15, 0.2) is 47.2 Å². The van der Waals surface area contributed by atoms with Crippen LogP contribution in [-0.4, -0.2) is 46.9 Å². The largest absolute Gasteiger partial charge is 0.368 e. The van der Waals surface area contributed by atoms with Gasteiger partial charge in [-0.05, 0) is 28.1 Å². The fourth-order valence-electron chi connectivity index (χ4n) is 2.68. The molecule has 1 aromatic carbocycles. The highest BCUT2D eigenvalue weighted by Gasteiger charge is 2.23. The molecule has 124 valence electrons. The second-order valence-corrected chi connectivity index (χ2v) is 6.36. The van der Waals surface area contributed by atoms with Crippen molar-refractivity contribution in [2.75, 3.05) is 31.1 Å². The molecule has 1 amide bonds. The smallest absolute Gasteiger partial charge is 0.271 e. The molecule has 0 unspecified atom stereocenters. The lowest BCUT2D eigenvalue weighted by Gasteiger charge is -2.36. The van der Waals surface area contributed by atoms with E-state index < -0.39 is 4.92 Å². The Balaban J connectivity index is 1.66. The van der Waals surface area contributed by atoms with Crippen LogP contribution in [0.5, 0.6) is 0 Å². The first-order chi connectivity index (χ1) is 11.5. The average molecular weight is 391 g/mol. The molecule has 1 fully saturated rings. The summed E-state index contributed by atoms with van der Waals surface area (Å²) in [6, 6.07) is 8.32. The van der Waals surface area contributed by atoms with Gasteiger partial charge in [-0.1, -0.05) is 6.07 Å². The van der Waals surface area contributed by atoms with E-state index in [0.29, 0.717) is 31.7 Å². The Morgan fingerprint density at radius 1 is 1.17 bits per heavy atom. The van der Waals surface area contributed by atoms with Gasteiger partial charge in [0, 0.05) is 60.9 Å². The van der Waals surface area contributed by atoms with Gasteiger partial charge in [0.2, 0.25) is 0 Å². The fraction of sp³-hybridized carbons (Fsp3) is 0.250. The molecule has 0 N–H and O–H groups in total. The van der Waals surface area contributed by atoms with Crippen LogP contribution >= 0.6 is 15.9 Å². The van der Waals surface area contributed by atoms with Gasteiger partial charge in [-0.2, -0.15) is 0 Å². The molecule has 3 rings (SSSR count). The van der Waals surface area contributed by atoms with Crippen LogP contribution < -0.4 is 4.90 Å². The van der Waals surface area contributed by atoms with E-state index in [-0.39, 0.29) is 11.6 Å². The summed E-state index contributed by atoms with van der Waals surface area (Å²) >= 11 is 3.32. The Hall–Kier alpha value is -2.48. The minimum Gasteiger partial charge on any atom is -0.368 e. The lowest BCUT2D eigenvalue weighted by Crippen LogP contribution is -2.48. The first-order valence-electron chi connectivity index (χ1n) is 7.44. The van der Waals surface area contributed by atoms with Crippen molar-refractivity contribution in [2.24, 2.45) is 0 Å². The van der Waals surface area contributed by atoms with Crippen molar-refractivity contribution in [3.05, 3.63) is 62.9 Å². The predicted molar refractivity (Wildman–Crippen MR) is 93.1 cm³/mol. The Morgan fingerprint density at radius 2 is 1.92 bits per heavy atom. The molecule has 0 bridgehead atoms. The summed E-state index contributed by atoms with van der Waals surface area (Å²) in [5.74, 6) is -0.0532. The van der Waals surface area contributed by atoms with Crippen molar-refractivity contribution in [2.45, 2.75) is 0 Å². The van der Waals surface area contributed by atoms with Gasteiger partial charge in [-0.25, -0.2) is 0 Å². The number of benzene rings is 1. The highest BCUT2D eigenvalue weighted by molar-refractivity contribution is 9.10. The van der Waals surface area contributed by atoms with E-state index in [1.807, 2.05) is 6.07 Å². The molecule has 2 aromatic rings. The van der Waals surface area contributed by atoms with Crippen molar-refractivity contribution in [1.29, 1.82) is 0 Å². The SMILES string of the molecule is O=C(c1cncc(Br)c1)N1CCN(c2cccc([N+](=O)[O-])c2)CC1. The molecule has 0 spiro atoms. The van der Waals surface area contributed by atoms with Crippen molar-refractivity contribution >= 4 is 33.2 Å². The summed E-state index contributed by atoms with van der Waals surface area (Å²) in [6.07, 6.45) is 3.19. The minimum atomic E-state index is -0.399. The van der Waals surface area contributed by atoms with E-state index in [0.717, 1.165) is 10.2 Å². The van der Waals surface area contributed by atoms with Crippen LogP contribution in [-0.2, 0) is 0 Å². The zero-order chi connectivity index (χ0) is 17.1. The first-order valence-corrected chi connectivity index (χ1v) is 8.23. The van der Waals surface area contributed by atoms with Crippen LogP contribution in [0.25, 0.3) is 0 Å². The van der Waals surface area contributed by atoms with Gasteiger partial charge in [-0.3, -0.25) is 19.9 Å². The summed E-state index contributed by atoms with van der Waals surface area (Å²) in [6.45, 7) is 2.39. The monoisotopic (exact) mass is 390 g/mol. The van der Waals surface area contributed by atoms with E-state index in [9.17, 15) is 14.9 Å². The number of non-ortho nitro benzene ring substituents is 1. The van der Waals surface area contributed by atoms with E-state index >= 15 is 0 Å². The fourth-order valence-corrected chi connectivity index (χ4v) is 3.05. The second-order valence-electron chi connectivity index (χ2n) is 5.45. The van der Waals surface area contributed by atoms with Crippen molar-refractivity contribution < 1.29 is 9.72 Å². The molecular weight excluding hydrogens is 376 g/mol. The Kier molecular flexibility index (Phi) is 4.75. The van der Waals surface area contributed by atoms with Gasteiger partial charge in [0.15, 0.2) is 0 Å².